The summed E-state index contributed by atoms with van der Waals surface area (Å²) in [5.41, 5.74) is 2.04. The lowest BCUT2D eigenvalue weighted by molar-refractivity contribution is -0.230. The first kappa shape index (κ1) is 25.8. The van der Waals surface area contributed by atoms with E-state index in [9.17, 15) is 15.3 Å². The smallest absolute Gasteiger partial charge is 0.138 e. The third-order valence-corrected chi connectivity index (χ3v) is 13.6. The maximum atomic E-state index is 13.0. The molecule has 0 aromatic heterocycles. The number of hydrogen-bond donors (Lipinski definition) is 0. The summed E-state index contributed by atoms with van der Waals surface area (Å²) in [7, 11) is 0. The zero-order valence-electron chi connectivity index (χ0n) is 23.5. The summed E-state index contributed by atoms with van der Waals surface area (Å²) in [6.07, 6.45) is 13.2. The highest BCUT2D eigenvalue weighted by molar-refractivity contribution is 5.85. The molecule has 0 unspecified atom stereocenters. The average Bonchev–Trinajstić information content (AvgIpc) is 3.20. The molecule has 9 atom stereocenters. The Kier molecular flexibility index (Phi) is 5.77. The lowest BCUT2D eigenvalue weighted by Crippen LogP contribution is -2.66. The molecule has 194 valence electrons. The summed E-state index contributed by atoms with van der Waals surface area (Å²) < 4.78 is 0. The quantitative estimate of drug-likeness (QED) is 0.292. The van der Waals surface area contributed by atoms with Crippen LogP contribution in [-0.4, -0.2) is 5.78 Å². The molecule has 0 aromatic carbocycles. The molecule has 5 fully saturated rings. The van der Waals surface area contributed by atoms with E-state index in [1.807, 2.05) is 0 Å². The minimum Gasteiger partial charge on any atom is -0.299 e. The number of hydrogen-bond acceptors (Lipinski definition) is 3. The van der Waals surface area contributed by atoms with Crippen LogP contribution in [0.25, 0.3) is 0 Å². The summed E-state index contributed by atoms with van der Waals surface area (Å²) in [6.45, 7) is 18.9. The van der Waals surface area contributed by atoms with Crippen LogP contribution >= 0.6 is 0 Å². The molecule has 0 N–H and O–H groups in total. The molecule has 0 amide bonds. The lowest BCUT2D eigenvalue weighted by atomic mass is 9.32. The van der Waals surface area contributed by atoms with Gasteiger partial charge in [0.05, 0.1) is 0 Å². The van der Waals surface area contributed by atoms with Crippen LogP contribution in [0.1, 0.15) is 106 Å². The molecular weight excluding hydrogens is 440 g/mol. The molecule has 0 radical (unpaired) electrons. The van der Waals surface area contributed by atoms with Gasteiger partial charge in [0, 0.05) is 11.8 Å². The maximum Gasteiger partial charge on any atom is 0.138 e. The predicted octanol–water partition coefficient (Wildman–Crippen LogP) is 8.19. The standard InChI is InChI=1S/C33H46N2O/c1-21(2)23-10-15-33(18-22(19-34)20-35)17-16-31(6)24(28(23)33)8-9-26-30(5)13-12-27(36)29(3,4)25(30)11-14-32(26,31)7/h18,23-26,28H,1,8-17H2,2-7H3/t23-,24+,25-,26+,28+,30-,31+,32+,33+/m0/s1. The van der Waals surface area contributed by atoms with E-state index >= 15 is 0 Å². The average molecular weight is 487 g/mol. The molecule has 0 saturated heterocycles. The van der Waals surface area contributed by atoms with Crippen molar-refractivity contribution in [2.45, 2.75) is 106 Å². The van der Waals surface area contributed by atoms with E-state index in [0.717, 1.165) is 38.5 Å². The number of nitriles is 2. The van der Waals surface area contributed by atoms with Crippen molar-refractivity contribution in [2.75, 3.05) is 0 Å². The van der Waals surface area contributed by atoms with Crippen molar-refractivity contribution >= 4 is 5.78 Å². The van der Waals surface area contributed by atoms with Gasteiger partial charge in [0.1, 0.15) is 23.5 Å². The highest BCUT2D eigenvalue weighted by Crippen LogP contribution is 2.77. The predicted molar refractivity (Wildman–Crippen MR) is 143 cm³/mol. The second-order valence-electron chi connectivity index (χ2n) is 14.8. The van der Waals surface area contributed by atoms with Crippen molar-refractivity contribution in [1.29, 1.82) is 10.5 Å². The van der Waals surface area contributed by atoms with Gasteiger partial charge in [-0.2, -0.15) is 10.5 Å². The van der Waals surface area contributed by atoms with Gasteiger partial charge in [-0.15, -0.1) is 0 Å². The van der Waals surface area contributed by atoms with Gasteiger partial charge in [-0.3, -0.25) is 4.79 Å². The van der Waals surface area contributed by atoms with Crippen molar-refractivity contribution in [3.63, 3.8) is 0 Å². The molecule has 5 aliphatic carbocycles. The number of carbonyl (C=O) groups is 1. The van der Waals surface area contributed by atoms with E-state index in [2.05, 4.69) is 66.3 Å². The Morgan fingerprint density at radius 2 is 1.58 bits per heavy atom. The molecule has 3 heteroatoms. The van der Waals surface area contributed by atoms with Gasteiger partial charge in [-0.05, 0) is 122 Å². The molecular formula is C33H46N2O. The van der Waals surface area contributed by atoms with Crippen molar-refractivity contribution in [3.05, 3.63) is 23.8 Å². The largest absolute Gasteiger partial charge is 0.299 e. The molecule has 0 heterocycles. The minimum atomic E-state index is -0.208. The number of fused-ring (bicyclic) bond motifs is 7. The first-order chi connectivity index (χ1) is 16.8. The Balaban J connectivity index is 1.58. The van der Waals surface area contributed by atoms with Crippen LogP contribution in [0.5, 0.6) is 0 Å². The normalized spacial score (nSPS) is 48.8. The monoisotopic (exact) mass is 486 g/mol. The summed E-state index contributed by atoms with van der Waals surface area (Å²) in [4.78, 5) is 13.0. The Bertz CT molecular complexity index is 1090. The fourth-order valence-electron chi connectivity index (χ4n) is 11.6. The van der Waals surface area contributed by atoms with Crippen molar-refractivity contribution in [2.24, 2.45) is 56.7 Å². The first-order valence-corrected chi connectivity index (χ1v) is 14.5. The third kappa shape index (κ3) is 3.11. The number of ketones is 1. The Labute approximate surface area is 219 Å². The maximum absolute atomic E-state index is 13.0. The number of carbonyl (C=O) groups excluding carboxylic acids is 1. The number of rotatable bonds is 2. The molecule has 3 nitrogen and oxygen atoms in total. The van der Waals surface area contributed by atoms with Gasteiger partial charge in [-0.1, -0.05) is 46.8 Å². The number of Topliss-reactive ketones (excluding diaryl/α,β-unsaturated/α-hetero) is 1. The molecule has 0 aromatic rings. The van der Waals surface area contributed by atoms with Gasteiger partial charge in [0.15, 0.2) is 0 Å². The molecule has 5 rings (SSSR count). The van der Waals surface area contributed by atoms with E-state index in [1.54, 1.807) is 0 Å². The number of allylic oxidation sites excluding steroid dienone is 3. The van der Waals surface area contributed by atoms with Crippen LogP contribution in [0.3, 0.4) is 0 Å². The Morgan fingerprint density at radius 1 is 0.889 bits per heavy atom. The van der Waals surface area contributed by atoms with Crippen LogP contribution in [0.2, 0.25) is 0 Å². The van der Waals surface area contributed by atoms with E-state index in [4.69, 9.17) is 0 Å². The second kappa shape index (κ2) is 8.06. The van der Waals surface area contributed by atoms with Gasteiger partial charge in [0.25, 0.3) is 0 Å². The highest BCUT2D eigenvalue weighted by Gasteiger charge is 2.70. The number of nitrogens with zero attached hydrogens (tertiary/aromatic N) is 2. The van der Waals surface area contributed by atoms with E-state index in [1.165, 1.54) is 31.3 Å². The topological polar surface area (TPSA) is 64.7 Å². The summed E-state index contributed by atoms with van der Waals surface area (Å²) >= 11 is 0. The van der Waals surface area contributed by atoms with Gasteiger partial charge < -0.3 is 0 Å². The SMILES string of the molecule is C=C(C)[C@@H]1CC[C@]2(C=C(C#N)C#N)CC[C@]3(C)[C@H](CC[C@@H]4[C@@]5(C)CCC(=O)C(C)(C)[C@@H]5CC[C@]43C)[C@@H]12. The fourth-order valence-corrected chi connectivity index (χ4v) is 11.6. The van der Waals surface area contributed by atoms with Crippen LogP contribution in [0.15, 0.2) is 23.8 Å². The fraction of sp³-hybridized carbons (Fsp3) is 0.788. The van der Waals surface area contributed by atoms with Crippen molar-refractivity contribution < 1.29 is 4.79 Å². The molecule has 0 aliphatic heterocycles. The summed E-state index contributed by atoms with van der Waals surface area (Å²) in [5.74, 6) is 3.15. The van der Waals surface area contributed by atoms with E-state index < -0.39 is 0 Å². The van der Waals surface area contributed by atoms with Crippen LogP contribution in [0.4, 0.5) is 0 Å². The van der Waals surface area contributed by atoms with Crippen LogP contribution < -0.4 is 0 Å². The van der Waals surface area contributed by atoms with Gasteiger partial charge in [-0.25, -0.2) is 0 Å². The lowest BCUT2D eigenvalue weighted by Gasteiger charge is -2.72. The molecule has 0 spiro atoms. The zero-order chi connectivity index (χ0) is 26.3. The van der Waals surface area contributed by atoms with E-state index in [-0.39, 0.29) is 27.1 Å². The Hall–Kier alpha value is -1.87. The first-order valence-electron chi connectivity index (χ1n) is 14.5. The third-order valence-electron chi connectivity index (χ3n) is 13.6. The summed E-state index contributed by atoms with van der Waals surface area (Å²) in [6, 6.07) is 4.36. The van der Waals surface area contributed by atoms with Crippen molar-refractivity contribution in [3.8, 4) is 12.1 Å². The van der Waals surface area contributed by atoms with Crippen LogP contribution in [0, 0.1) is 79.3 Å². The molecule has 5 saturated carbocycles. The Morgan fingerprint density at radius 3 is 2.22 bits per heavy atom. The molecule has 0 bridgehead atoms. The van der Waals surface area contributed by atoms with Gasteiger partial charge >= 0.3 is 0 Å². The second-order valence-corrected chi connectivity index (χ2v) is 14.8. The molecule has 5 aliphatic rings. The van der Waals surface area contributed by atoms with Gasteiger partial charge in [0.2, 0.25) is 0 Å². The van der Waals surface area contributed by atoms with Crippen LogP contribution in [-0.2, 0) is 4.79 Å². The molecule has 36 heavy (non-hydrogen) atoms. The van der Waals surface area contributed by atoms with Crippen molar-refractivity contribution in [1.82, 2.24) is 0 Å². The highest BCUT2D eigenvalue weighted by atomic mass is 16.1. The zero-order valence-corrected chi connectivity index (χ0v) is 23.5. The minimum absolute atomic E-state index is 0.0435. The van der Waals surface area contributed by atoms with E-state index in [0.29, 0.717) is 40.9 Å². The summed E-state index contributed by atoms with van der Waals surface area (Å²) in [5, 5.41) is 19.3.